The minimum absolute atomic E-state index is 0.260. The van der Waals surface area contributed by atoms with Crippen LogP contribution in [0, 0.1) is 0 Å². The topological polar surface area (TPSA) is 59.8 Å². The Bertz CT molecular complexity index is 843. The highest BCUT2D eigenvalue weighted by atomic mass is 35.5. The predicted octanol–water partition coefficient (Wildman–Crippen LogP) is 3.21. The van der Waals surface area contributed by atoms with Crippen LogP contribution >= 0.6 is 23.2 Å². The number of pyridine rings is 1. The standard InChI is InChI=1S/C15H12Cl2N4O/c1-21-12-6-13(17)18-8-11(12)14(20-21)15(22)19-7-9-2-4-10(16)5-3-9/h2-6,8H,7H2,1H3,(H,19,22). The van der Waals surface area contributed by atoms with Gasteiger partial charge in [0.05, 0.1) is 10.9 Å². The highest BCUT2D eigenvalue weighted by molar-refractivity contribution is 6.30. The zero-order chi connectivity index (χ0) is 15.7. The van der Waals surface area contributed by atoms with Gasteiger partial charge in [-0.1, -0.05) is 35.3 Å². The minimum atomic E-state index is -0.260. The quantitative estimate of drug-likeness (QED) is 0.748. The Balaban J connectivity index is 1.82. The summed E-state index contributed by atoms with van der Waals surface area (Å²) < 4.78 is 1.61. The van der Waals surface area contributed by atoms with Gasteiger partial charge in [0.25, 0.3) is 5.91 Å². The molecule has 0 atom stereocenters. The molecule has 3 aromatic rings. The maximum atomic E-state index is 12.3. The maximum absolute atomic E-state index is 12.3. The van der Waals surface area contributed by atoms with Crippen LogP contribution in [-0.4, -0.2) is 20.7 Å². The first-order valence-corrected chi connectivity index (χ1v) is 7.31. The molecule has 1 amide bonds. The van der Waals surface area contributed by atoms with Gasteiger partial charge in [-0.2, -0.15) is 5.10 Å². The predicted molar refractivity (Wildman–Crippen MR) is 86.1 cm³/mol. The van der Waals surface area contributed by atoms with Crippen molar-refractivity contribution in [3.05, 3.63) is 58.0 Å². The Morgan fingerprint density at radius 1 is 1.27 bits per heavy atom. The summed E-state index contributed by atoms with van der Waals surface area (Å²) in [7, 11) is 1.76. The Kier molecular flexibility index (Phi) is 4.00. The molecule has 0 aliphatic heterocycles. The number of nitrogens with zero attached hydrogens (tertiary/aromatic N) is 3. The fourth-order valence-electron chi connectivity index (χ4n) is 2.16. The van der Waals surface area contributed by atoms with Gasteiger partial charge in [-0.3, -0.25) is 9.48 Å². The van der Waals surface area contributed by atoms with E-state index in [2.05, 4.69) is 15.4 Å². The van der Waals surface area contributed by atoms with Crippen molar-refractivity contribution in [2.45, 2.75) is 6.54 Å². The number of carbonyl (C=O) groups is 1. The molecule has 0 bridgehead atoms. The number of hydrogen-bond donors (Lipinski definition) is 1. The van der Waals surface area contributed by atoms with E-state index in [-0.39, 0.29) is 5.91 Å². The van der Waals surface area contributed by atoms with Gasteiger partial charge >= 0.3 is 0 Å². The molecule has 0 fully saturated rings. The summed E-state index contributed by atoms with van der Waals surface area (Å²) in [5, 5.41) is 8.77. The van der Waals surface area contributed by atoms with Gasteiger partial charge in [-0.15, -0.1) is 0 Å². The van der Waals surface area contributed by atoms with E-state index < -0.39 is 0 Å². The zero-order valence-electron chi connectivity index (χ0n) is 11.7. The van der Waals surface area contributed by atoms with Crippen LogP contribution in [-0.2, 0) is 13.6 Å². The molecular weight excluding hydrogens is 323 g/mol. The fourth-order valence-corrected chi connectivity index (χ4v) is 2.44. The monoisotopic (exact) mass is 334 g/mol. The molecule has 1 aromatic carbocycles. The third-order valence-electron chi connectivity index (χ3n) is 3.28. The first-order chi connectivity index (χ1) is 10.5. The molecule has 3 rings (SSSR count). The second kappa shape index (κ2) is 5.94. The van der Waals surface area contributed by atoms with E-state index in [0.29, 0.717) is 27.8 Å². The molecule has 7 heteroatoms. The molecule has 0 aliphatic carbocycles. The largest absolute Gasteiger partial charge is 0.347 e. The van der Waals surface area contributed by atoms with Crippen molar-refractivity contribution in [2.24, 2.45) is 7.05 Å². The van der Waals surface area contributed by atoms with Gasteiger partial charge in [-0.25, -0.2) is 4.98 Å². The third-order valence-corrected chi connectivity index (χ3v) is 3.74. The number of fused-ring (bicyclic) bond motifs is 1. The Morgan fingerprint density at radius 2 is 2.00 bits per heavy atom. The van der Waals surface area contributed by atoms with Crippen LogP contribution in [0.2, 0.25) is 10.2 Å². The van der Waals surface area contributed by atoms with E-state index in [4.69, 9.17) is 23.2 Å². The van der Waals surface area contributed by atoms with E-state index in [1.807, 2.05) is 12.1 Å². The number of rotatable bonds is 3. The summed E-state index contributed by atoms with van der Waals surface area (Å²) in [6, 6.07) is 8.97. The van der Waals surface area contributed by atoms with Crippen LogP contribution in [0.5, 0.6) is 0 Å². The average molecular weight is 335 g/mol. The van der Waals surface area contributed by atoms with Crippen LogP contribution < -0.4 is 5.32 Å². The molecule has 2 aromatic heterocycles. The number of amides is 1. The van der Waals surface area contributed by atoms with E-state index in [9.17, 15) is 4.79 Å². The van der Waals surface area contributed by atoms with Crippen LogP contribution in [0.15, 0.2) is 36.5 Å². The number of aryl methyl sites for hydroxylation is 1. The second-order valence-electron chi connectivity index (χ2n) is 4.81. The molecule has 2 heterocycles. The SMILES string of the molecule is Cn1nc(C(=O)NCc2ccc(Cl)cc2)c2cnc(Cl)cc21. The lowest BCUT2D eigenvalue weighted by molar-refractivity contribution is 0.0946. The average Bonchev–Trinajstić information content (AvgIpc) is 2.83. The third kappa shape index (κ3) is 2.91. The smallest absolute Gasteiger partial charge is 0.272 e. The van der Waals surface area contributed by atoms with Crippen molar-refractivity contribution >= 4 is 40.0 Å². The summed E-state index contributed by atoms with van der Waals surface area (Å²) in [6.45, 7) is 0.398. The van der Waals surface area contributed by atoms with Gasteiger partial charge in [0, 0.05) is 30.9 Å². The lowest BCUT2D eigenvalue weighted by atomic mass is 10.2. The molecular formula is C15H12Cl2N4O. The van der Waals surface area contributed by atoms with Crippen molar-refractivity contribution in [3.63, 3.8) is 0 Å². The first-order valence-electron chi connectivity index (χ1n) is 6.55. The summed E-state index contributed by atoms with van der Waals surface area (Å²) in [6.07, 6.45) is 1.56. The Labute approximate surface area is 136 Å². The van der Waals surface area contributed by atoms with E-state index in [1.54, 1.807) is 36.1 Å². The van der Waals surface area contributed by atoms with Crippen molar-refractivity contribution in [1.29, 1.82) is 0 Å². The lowest BCUT2D eigenvalue weighted by Crippen LogP contribution is -2.23. The number of nitrogens with one attached hydrogen (secondary N) is 1. The number of carbonyl (C=O) groups excluding carboxylic acids is 1. The molecule has 0 unspecified atom stereocenters. The van der Waals surface area contributed by atoms with Crippen LogP contribution in [0.1, 0.15) is 16.1 Å². The summed E-state index contributed by atoms with van der Waals surface area (Å²) >= 11 is 11.7. The zero-order valence-corrected chi connectivity index (χ0v) is 13.2. The molecule has 22 heavy (non-hydrogen) atoms. The summed E-state index contributed by atoms with van der Waals surface area (Å²) in [5.41, 5.74) is 2.05. The molecule has 5 nitrogen and oxygen atoms in total. The maximum Gasteiger partial charge on any atom is 0.272 e. The van der Waals surface area contributed by atoms with Gasteiger partial charge in [0.1, 0.15) is 5.15 Å². The molecule has 0 spiro atoms. The highest BCUT2D eigenvalue weighted by Gasteiger charge is 2.16. The van der Waals surface area contributed by atoms with Crippen LogP contribution in [0.3, 0.4) is 0 Å². The molecule has 0 aliphatic rings. The van der Waals surface area contributed by atoms with Crippen LogP contribution in [0.25, 0.3) is 10.9 Å². The van der Waals surface area contributed by atoms with Gasteiger partial charge in [0.2, 0.25) is 0 Å². The van der Waals surface area contributed by atoms with Crippen molar-refractivity contribution in [3.8, 4) is 0 Å². The van der Waals surface area contributed by atoms with Crippen molar-refractivity contribution in [2.75, 3.05) is 0 Å². The normalized spacial score (nSPS) is 10.9. The number of hydrogen-bond acceptors (Lipinski definition) is 3. The highest BCUT2D eigenvalue weighted by Crippen LogP contribution is 2.20. The van der Waals surface area contributed by atoms with Gasteiger partial charge in [-0.05, 0) is 17.7 Å². The second-order valence-corrected chi connectivity index (χ2v) is 5.63. The minimum Gasteiger partial charge on any atom is -0.347 e. The summed E-state index contributed by atoms with van der Waals surface area (Å²) in [4.78, 5) is 16.3. The van der Waals surface area contributed by atoms with E-state index in [1.165, 1.54) is 0 Å². The lowest BCUT2D eigenvalue weighted by Gasteiger charge is -2.04. The van der Waals surface area contributed by atoms with E-state index in [0.717, 1.165) is 11.1 Å². The Hall–Kier alpha value is -2.11. The molecule has 0 saturated heterocycles. The van der Waals surface area contributed by atoms with Crippen molar-refractivity contribution in [1.82, 2.24) is 20.1 Å². The summed E-state index contributed by atoms with van der Waals surface area (Å²) in [5.74, 6) is -0.260. The molecule has 0 saturated carbocycles. The molecule has 1 N–H and O–H groups in total. The van der Waals surface area contributed by atoms with Crippen molar-refractivity contribution < 1.29 is 4.79 Å². The molecule has 112 valence electrons. The number of halogens is 2. The molecule has 0 radical (unpaired) electrons. The Morgan fingerprint density at radius 3 is 2.73 bits per heavy atom. The number of benzene rings is 1. The first kappa shape index (κ1) is 14.8. The fraction of sp³-hybridized carbons (Fsp3) is 0.133. The van der Waals surface area contributed by atoms with Gasteiger partial charge in [0.15, 0.2) is 5.69 Å². The van der Waals surface area contributed by atoms with Gasteiger partial charge < -0.3 is 5.32 Å². The van der Waals surface area contributed by atoms with Crippen LogP contribution in [0.4, 0.5) is 0 Å². The number of aromatic nitrogens is 3. The van der Waals surface area contributed by atoms with E-state index >= 15 is 0 Å².